The highest BCUT2D eigenvalue weighted by Gasteiger charge is 2.71. The Morgan fingerprint density at radius 2 is 2.04 bits per heavy atom. The average Bonchev–Trinajstić information content (AvgIpc) is 3.15. The number of ether oxygens (including phenoxy) is 1. The van der Waals surface area contributed by atoms with Gasteiger partial charge in [-0.2, -0.15) is 0 Å². The third-order valence-corrected chi connectivity index (χ3v) is 6.83. The van der Waals surface area contributed by atoms with Crippen molar-refractivity contribution in [3.8, 4) is 0 Å². The molecule has 25 heavy (non-hydrogen) atoms. The number of hydrogen-bond acceptors (Lipinski definition) is 5. The van der Waals surface area contributed by atoms with Gasteiger partial charge in [0, 0.05) is 23.2 Å². The molecule has 0 aromatic heterocycles. The molecule has 1 aliphatic carbocycles. The van der Waals surface area contributed by atoms with Crippen molar-refractivity contribution >= 4 is 27.5 Å². The molecule has 1 fully saturated rings. The van der Waals surface area contributed by atoms with Crippen molar-refractivity contribution in [2.24, 2.45) is 5.73 Å². The van der Waals surface area contributed by atoms with Crippen molar-refractivity contribution in [3.63, 3.8) is 0 Å². The number of nitrogens with two attached hydrogens (primary N) is 1. The van der Waals surface area contributed by atoms with Crippen molar-refractivity contribution in [1.82, 2.24) is 5.32 Å². The van der Waals surface area contributed by atoms with Crippen molar-refractivity contribution < 1.29 is 17.9 Å². The predicted octanol–water partition coefficient (Wildman–Crippen LogP) is 2.46. The van der Waals surface area contributed by atoms with Crippen LogP contribution in [0.15, 0.2) is 24.3 Å². The van der Waals surface area contributed by atoms with Crippen LogP contribution in [0.3, 0.4) is 0 Å². The Morgan fingerprint density at radius 3 is 2.52 bits per heavy atom. The maximum Gasteiger partial charge on any atom is 0.408 e. The van der Waals surface area contributed by atoms with Gasteiger partial charge in [0.05, 0.1) is 10.8 Å². The molecule has 140 valence electrons. The van der Waals surface area contributed by atoms with Crippen LogP contribution in [0.2, 0.25) is 5.02 Å². The van der Waals surface area contributed by atoms with Gasteiger partial charge in [-0.05, 0) is 38.5 Å². The molecule has 3 atom stereocenters. The monoisotopic (exact) mass is 388 g/mol. The van der Waals surface area contributed by atoms with Gasteiger partial charge < -0.3 is 15.8 Å². The van der Waals surface area contributed by atoms with Gasteiger partial charge in [-0.15, -0.1) is 0 Å². The summed E-state index contributed by atoms with van der Waals surface area (Å²) in [5.74, 6) is -0.499. The second-order valence-electron chi connectivity index (χ2n) is 7.28. The lowest BCUT2D eigenvalue weighted by atomic mass is 10.1. The summed E-state index contributed by atoms with van der Waals surface area (Å²) in [6.07, 6.45) is -0.682. The minimum Gasteiger partial charge on any atom is -0.444 e. The maximum atomic E-state index is 12.6. The van der Waals surface area contributed by atoms with Crippen LogP contribution in [0.4, 0.5) is 4.79 Å². The van der Waals surface area contributed by atoms with Gasteiger partial charge in [-0.1, -0.05) is 30.7 Å². The molecular weight excluding hydrogens is 364 g/mol. The Morgan fingerprint density at radius 1 is 1.40 bits per heavy atom. The van der Waals surface area contributed by atoms with E-state index in [0.717, 1.165) is 5.56 Å². The van der Waals surface area contributed by atoms with Gasteiger partial charge in [-0.25, -0.2) is 13.2 Å². The van der Waals surface area contributed by atoms with Crippen LogP contribution in [0, 0.1) is 0 Å². The molecule has 0 aliphatic heterocycles. The summed E-state index contributed by atoms with van der Waals surface area (Å²) in [7, 11) is -3.44. The third-order valence-electron chi connectivity index (χ3n) is 4.32. The van der Waals surface area contributed by atoms with E-state index >= 15 is 0 Å². The minimum atomic E-state index is -3.44. The van der Waals surface area contributed by atoms with E-state index < -0.39 is 38.2 Å². The summed E-state index contributed by atoms with van der Waals surface area (Å²) in [6.45, 7) is 6.78. The number of rotatable bonds is 5. The summed E-state index contributed by atoms with van der Waals surface area (Å²) in [4.78, 5) is 12.3. The van der Waals surface area contributed by atoms with E-state index in [1.165, 1.54) is 0 Å². The quantitative estimate of drug-likeness (QED) is 0.807. The highest BCUT2D eigenvalue weighted by atomic mass is 35.5. The molecule has 3 N–H and O–H groups in total. The van der Waals surface area contributed by atoms with Gasteiger partial charge in [0.15, 0.2) is 9.84 Å². The summed E-state index contributed by atoms with van der Waals surface area (Å²) in [6, 6.07) is 6.96. The largest absolute Gasteiger partial charge is 0.444 e. The molecule has 0 radical (unpaired) electrons. The van der Waals surface area contributed by atoms with Gasteiger partial charge >= 0.3 is 6.09 Å². The lowest BCUT2D eigenvalue weighted by Crippen LogP contribution is -2.49. The summed E-state index contributed by atoms with van der Waals surface area (Å²) in [5, 5.41) is 2.42. The maximum absolute atomic E-state index is 12.6. The SMILES string of the molecule is CCS(=O)(=O)[C@H]1[C@@H](c2cccc(Cl)c2)[C@@]1(CN)NC(=O)OC(C)(C)C. The van der Waals surface area contributed by atoms with Crippen LogP contribution in [-0.2, 0) is 14.6 Å². The zero-order valence-corrected chi connectivity index (χ0v) is 16.4. The van der Waals surface area contributed by atoms with E-state index in [0.29, 0.717) is 5.02 Å². The molecule has 0 spiro atoms. The van der Waals surface area contributed by atoms with Gasteiger partial charge in [-0.3, -0.25) is 0 Å². The highest BCUT2D eigenvalue weighted by Crippen LogP contribution is 2.55. The Bertz CT molecular complexity index is 760. The Labute approximate surface area is 154 Å². The Hall–Kier alpha value is -1.31. The number of carbonyl (C=O) groups is 1. The number of alkyl carbamates (subject to hydrolysis) is 1. The van der Waals surface area contributed by atoms with Gasteiger partial charge in [0.25, 0.3) is 0 Å². The summed E-state index contributed by atoms with van der Waals surface area (Å²) < 4.78 is 30.5. The van der Waals surface area contributed by atoms with E-state index in [9.17, 15) is 13.2 Å². The number of sulfone groups is 1. The lowest BCUT2D eigenvalue weighted by Gasteiger charge is -2.24. The first kappa shape index (κ1) is 20.0. The van der Waals surface area contributed by atoms with Gasteiger partial charge in [0.2, 0.25) is 0 Å². The molecule has 1 aliphatic rings. The zero-order chi connectivity index (χ0) is 19.0. The fourth-order valence-electron chi connectivity index (χ4n) is 3.22. The van der Waals surface area contributed by atoms with Crippen LogP contribution in [0.1, 0.15) is 39.2 Å². The van der Waals surface area contributed by atoms with E-state index in [2.05, 4.69) is 5.32 Å². The fraction of sp³-hybridized carbons (Fsp3) is 0.588. The van der Waals surface area contributed by atoms with Crippen molar-refractivity contribution in [1.29, 1.82) is 0 Å². The summed E-state index contributed by atoms with van der Waals surface area (Å²) in [5.41, 5.74) is 4.86. The number of amides is 1. The third kappa shape index (κ3) is 4.10. The Balaban J connectivity index is 2.40. The molecule has 1 aromatic rings. The number of benzene rings is 1. The zero-order valence-electron chi connectivity index (χ0n) is 14.9. The van der Waals surface area contributed by atoms with Crippen LogP contribution in [-0.4, -0.2) is 43.2 Å². The molecule has 0 unspecified atom stereocenters. The van der Waals surface area contributed by atoms with Crippen LogP contribution in [0.25, 0.3) is 0 Å². The van der Waals surface area contributed by atoms with E-state index in [1.807, 2.05) is 0 Å². The lowest BCUT2D eigenvalue weighted by molar-refractivity contribution is 0.0497. The second-order valence-corrected chi connectivity index (χ2v) is 10.1. The first-order valence-electron chi connectivity index (χ1n) is 8.15. The Kier molecular flexibility index (Phi) is 5.42. The van der Waals surface area contributed by atoms with Crippen LogP contribution in [0.5, 0.6) is 0 Å². The van der Waals surface area contributed by atoms with E-state index in [-0.39, 0.29) is 12.3 Å². The highest BCUT2D eigenvalue weighted by molar-refractivity contribution is 7.92. The molecule has 1 amide bonds. The fourth-order valence-corrected chi connectivity index (χ4v) is 5.46. The molecule has 8 heteroatoms. The van der Waals surface area contributed by atoms with E-state index in [1.54, 1.807) is 52.0 Å². The average molecular weight is 389 g/mol. The van der Waals surface area contributed by atoms with E-state index in [4.69, 9.17) is 22.1 Å². The molecule has 1 aromatic carbocycles. The molecule has 6 nitrogen and oxygen atoms in total. The smallest absolute Gasteiger partial charge is 0.408 e. The van der Waals surface area contributed by atoms with Crippen molar-refractivity contribution in [3.05, 3.63) is 34.9 Å². The molecular formula is C17H25ClN2O4S. The minimum absolute atomic E-state index is 0.0205. The standard InChI is InChI=1S/C17H25ClN2O4S/c1-5-25(22,23)14-13(11-7-6-8-12(18)9-11)17(14,10-19)20-15(21)24-16(2,3)4/h6-9,13-14H,5,10,19H2,1-4H3,(H,20,21)/t13-,14+,17-/m1/s1. The normalized spacial score (nSPS) is 26.2. The second kappa shape index (κ2) is 6.78. The number of nitrogens with one attached hydrogen (secondary N) is 1. The molecule has 1 saturated carbocycles. The van der Waals surface area contributed by atoms with Crippen LogP contribution < -0.4 is 11.1 Å². The molecule has 0 heterocycles. The van der Waals surface area contributed by atoms with Crippen molar-refractivity contribution in [2.75, 3.05) is 12.3 Å². The number of halogens is 1. The number of carbonyl (C=O) groups excluding carboxylic acids is 1. The molecule has 0 bridgehead atoms. The predicted molar refractivity (Wildman–Crippen MR) is 98.6 cm³/mol. The molecule has 2 rings (SSSR count). The molecule has 0 saturated heterocycles. The van der Waals surface area contributed by atoms with Gasteiger partial charge in [0.1, 0.15) is 5.60 Å². The summed E-state index contributed by atoms with van der Waals surface area (Å²) >= 11 is 6.05. The number of hydrogen-bond donors (Lipinski definition) is 2. The first-order chi connectivity index (χ1) is 11.5. The first-order valence-corrected chi connectivity index (χ1v) is 10.2. The topological polar surface area (TPSA) is 98.5 Å². The van der Waals surface area contributed by atoms with Crippen molar-refractivity contribution in [2.45, 2.75) is 50.0 Å². The van der Waals surface area contributed by atoms with Crippen LogP contribution >= 0.6 is 11.6 Å².